The van der Waals surface area contributed by atoms with Crippen molar-refractivity contribution in [3.05, 3.63) is 33.8 Å². The van der Waals surface area contributed by atoms with Crippen LogP contribution in [0.5, 0.6) is 0 Å². The van der Waals surface area contributed by atoms with Gasteiger partial charge in [-0.25, -0.2) is 0 Å². The van der Waals surface area contributed by atoms with E-state index in [4.69, 9.17) is 0 Å². The van der Waals surface area contributed by atoms with Crippen molar-refractivity contribution in [2.75, 3.05) is 13.2 Å². The number of aryl methyl sites for hydroxylation is 1. The van der Waals surface area contributed by atoms with Crippen LogP contribution in [-0.4, -0.2) is 24.2 Å². The zero-order chi connectivity index (χ0) is 14.6. The molecule has 0 atom stereocenters. The molecule has 0 spiro atoms. The third kappa shape index (κ3) is 3.61. The van der Waals surface area contributed by atoms with E-state index in [-0.39, 0.29) is 17.9 Å². The first-order valence-electron chi connectivity index (χ1n) is 7.22. The molecule has 4 heteroatoms. The van der Waals surface area contributed by atoms with E-state index in [0.29, 0.717) is 12.1 Å². The van der Waals surface area contributed by atoms with Crippen molar-refractivity contribution >= 4 is 21.8 Å². The number of benzene rings is 1. The number of carbonyl (C=O) groups is 1. The van der Waals surface area contributed by atoms with E-state index < -0.39 is 0 Å². The third-order valence-electron chi connectivity index (χ3n) is 4.24. The Morgan fingerprint density at radius 3 is 2.65 bits per heavy atom. The lowest BCUT2D eigenvalue weighted by Crippen LogP contribution is -2.41. The fourth-order valence-electron chi connectivity index (χ4n) is 2.86. The highest BCUT2D eigenvalue weighted by Crippen LogP contribution is 2.35. The van der Waals surface area contributed by atoms with Gasteiger partial charge in [0.1, 0.15) is 0 Å². The molecule has 0 aromatic heterocycles. The van der Waals surface area contributed by atoms with E-state index in [1.165, 1.54) is 6.42 Å². The van der Waals surface area contributed by atoms with Crippen LogP contribution in [0.2, 0.25) is 0 Å². The summed E-state index contributed by atoms with van der Waals surface area (Å²) in [6, 6.07) is 5.71. The first-order chi connectivity index (χ1) is 9.56. The van der Waals surface area contributed by atoms with E-state index >= 15 is 0 Å². The maximum absolute atomic E-state index is 12.3. The van der Waals surface area contributed by atoms with Crippen LogP contribution in [-0.2, 0) is 0 Å². The van der Waals surface area contributed by atoms with Crippen LogP contribution >= 0.6 is 15.9 Å². The lowest BCUT2D eigenvalue weighted by Gasteiger charge is -2.35. The topological polar surface area (TPSA) is 49.3 Å². The van der Waals surface area contributed by atoms with Gasteiger partial charge in [0.2, 0.25) is 0 Å². The Hall–Kier alpha value is -0.870. The number of amides is 1. The Morgan fingerprint density at radius 1 is 1.35 bits per heavy atom. The molecule has 0 heterocycles. The Morgan fingerprint density at radius 2 is 2.05 bits per heavy atom. The van der Waals surface area contributed by atoms with Gasteiger partial charge in [0.15, 0.2) is 0 Å². The standard InChI is InChI=1S/C16H22BrNO2/c1-12-5-6-13(14(17)9-12)15(20)18-10-16(11-19)7-3-2-4-8-16/h5-6,9,19H,2-4,7-8,10-11H2,1H3,(H,18,20). The van der Waals surface area contributed by atoms with Crippen LogP contribution in [0, 0.1) is 12.3 Å². The molecule has 0 unspecified atom stereocenters. The van der Waals surface area contributed by atoms with Crippen molar-refractivity contribution in [3.63, 3.8) is 0 Å². The summed E-state index contributed by atoms with van der Waals surface area (Å²) in [5, 5.41) is 12.6. The van der Waals surface area contributed by atoms with Crippen LogP contribution in [0.3, 0.4) is 0 Å². The molecule has 1 aromatic rings. The summed E-state index contributed by atoms with van der Waals surface area (Å²) in [5.74, 6) is -0.0738. The molecular weight excluding hydrogens is 318 g/mol. The smallest absolute Gasteiger partial charge is 0.252 e. The highest BCUT2D eigenvalue weighted by Gasteiger charge is 2.31. The zero-order valence-electron chi connectivity index (χ0n) is 11.9. The van der Waals surface area contributed by atoms with Crippen LogP contribution in [0.1, 0.15) is 48.0 Å². The van der Waals surface area contributed by atoms with Gasteiger partial charge < -0.3 is 10.4 Å². The van der Waals surface area contributed by atoms with Gasteiger partial charge in [-0.1, -0.05) is 25.3 Å². The largest absolute Gasteiger partial charge is 0.396 e. The SMILES string of the molecule is Cc1ccc(C(=O)NCC2(CO)CCCCC2)c(Br)c1. The number of carbonyl (C=O) groups excluding carboxylic acids is 1. The summed E-state index contributed by atoms with van der Waals surface area (Å²) in [5.41, 5.74) is 1.65. The molecule has 0 radical (unpaired) electrons. The van der Waals surface area contributed by atoms with Gasteiger partial charge >= 0.3 is 0 Å². The van der Waals surface area contributed by atoms with Crippen LogP contribution in [0.25, 0.3) is 0 Å². The minimum absolute atomic E-state index is 0.0738. The number of aliphatic hydroxyl groups is 1. The average molecular weight is 340 g/mol. The number of hydrogen-bond donors (Lipinski definition) is 2. The molecule has 20 heavy (non-hydrogen) atoms. The number of hydrogen-bond acceptors (Lipinski definition) is 2. The van der Waals surface area contributed by atoms with Gasteiger partial charge in [-0.2, -0.15) is 0 Å². The van der Waals surface area contributed by atoms with Crippen molar-refractivity contribution in [2.24, 2.45) is 5.41 Å². The van der Waals surface area contributed by atoms with Crippen LogP contribution < -0.4 is 5.32 Å². The number of aliphatic hydroxyl groups excluding tert-OH is 1. The summed E-state index contributed by atoms with van der Waals surface area (Å²) >= 11 is 3.43. The van der Waals surface area contributed by atoms with Crippen molar-refractivity contribution in [3.8, 4) is 0 Å². The normalized spacial score (nSPS) is 17.8. The quantitative estimate of drug-likeness (QED) is 0.882. The van der Waals surface area contributed by atoms with Crippen molar-refractivity contribution in [1.29, 1.82) is 0 Å². The molecule has 3 nitrogen and oxygen atoms in total. The molecule has 1 aliphatic carbocycles. The second-order valence-corrected chi connectivity index (χ2v) is 6.74. The van der Waals surface area contributed by atoms with Gasteiger partial charge in [0, 0.05) is 16.4 Å². The van der Waals surface area contributed by atoms with Crippen molar-refractivity contribution < 1.29 is 9.90 Å². The molecule has 1 aliphatic rings. The minimum Gasteiger partial charge on any atom is -0.396 e. The van der Waals surface area contributed by atoms with Gasteiger partial charge in [-0.05, 0) is 53.4 Å². The second-order valence-electron chi connectivity index (χ2n) is 5.88. The maximum atomic E-state index is 12.3. The summed E-state index contributed by atoms with van der Waals surface area (Å²) < 4.78 is 0.816. The summed E-state index contributed by atoms with van der Waals surface area (Å²) in [6.45, 7) is 2.71. The molecule has 1 amide bonds. The predicted octanol–water partition coefficient (Wildman–Crippen LogP) is 3.43. The van der Waals surface area contributed by atoms with Gasteiger partial charge in [-0.15, -0.1) is 0 Å². The van der Waals surface area contributed by atoms with E-state index in [0.717, 1.165) is 35.7 Å². The zero-order valence-corrected chi connectivity index (χ0v) is 13.5. The van der Waals surface area contributed by atoms with Gasteiger partial charge in [0.05, 0.1) is 12.2 Å². The lowest BCUT2D eigenvalue weighted by atomic mass is 9.74. The fraction of sp³-hybridized carbons (Fsp3) is 0.562. The van der Waals surface area contributed by atoms with Crippen molar-refractivity contribution in [2.45, 2.75) is 39.0 Å². The molecule has 1 aromatic carbocycles. The Bertz CT molecular complexity index is 481. The molecule has 1 saturated carbocycles. The maximum Gasteiger partial charge on any atom is 0.252 e. The summed E-state index contributed by atoms with van der Waals surface area (Å²) in [4.78, 5) is 12.3. The number of nitrogens with one attached hydrogen (secondary N) is 1. The van der Waals surface area contributed by atoms with Crippen LogP contribution in [0.4, 0.5) is 0 Å². The average Bonchev–Trinajstić information content (AvgIpc) is 2.46. The predicted molar refractivity (Wildman–Crippen MR) is 83.8 cm³/mol. The highest BCUT2D eigenvalue weighted by molar-refractivity contribution is 9.10. The Labute approximate surface area is 128 Å². The summed E-state index contributed by atoms with van der Waals surface area (Å²) in [6.07, 6.45) is 5.52. The lowest BCUT2D eigenvalue weighted by molar-refractivity contribution is 0.0717. The van der Waals surface area contributed by atoms with Gasteiger partial charge in [-0.3, -0.25) is 4.79 Å². The molecular formula is C16H22BrNO2. The molecule has 1 fully saturated rings. The number of halogens is 1. The minimum atomic E-state index is -0.120. The van der Waals surface area contributed by atoms with E-state index in [9.17, 15) is 9.90 Å². The molecule has 110 valence electrons. The second kappa shape index (κ2) is 6.72. The molecule has 2 rings (SSSR count). The molecule has 0 aliphatic heterocycles. The van der Waals surface area contributed by atoms with E-state index in [2.05, 4.69) is 21.2 Å². The van der Waals surface area contributed by atoms with Crippen molar-refractivity contribution in [1.82, 2.24) is 5.32 Å². The van der Waals surface area contributed by atoms with Gasteiger partial charge in [0.25, 0.3) is 5.91 Å². The first kappa shape index (κ1) is 15.5. The first-order valence-corrected chi connectivity index (χ1v) is 8.01. The Kier molecular flexibility index (Phi) is 5.22. The molecule has 0 saturated heterocycles. The fourth-order valence-corrected chi connectivity index (χ4v) is 3.53. The molecule has 2 N–H and O–H groups in total. The monoisotopic (exact) mass is 339 g/mol. The summed E-state index contributed by atoms with van der Waals surface area (Å²) in [7, 11) is 0. The number of rotatable bonds is 4. The van der Waals surface area contributed by atoms with E-state index in [1.807, 2.05) is 25.1 Å². The highest BCUT2D eigenvalue weighted by atomic mass is 79.9. The van der Waals surface area contributed by atoms with Crippen LogP contribution in [0.15, 0.2) is 22.7 Å². The molecule has 0 bridgehead atoms. The van der Waals surface area contributed by atoms with E-state index in [1.54, 1.807) is 0 Å². The third-order valence-corrected chi connectivity index (χ3v) is 4.90. The Balaban J connectivity index is 2.00.